The number of carbonyl (C=O) groups is 1. The van der Waals surface area contributed by atoms with E-state index in [1.165, 1.54) is 25.7 Å². The zero-order valence-electron chi connectivity index (χ0n) is 25.7. The molecule has 0 aliphatic rings. The van der Waals surface area contributed by atoms with Crippen LogP contribution in [0.3, 0.4) is 0 Å². The van der Waals surface area contributed by atoms with E-state index in [0.29, 0.717) is 125 Å². The summed E-state index contributed by atoms with van der Waals surface area (Å²) in [5.41, 5.74) is 0. The second kappa shape index (κ2) is 36.9. The lowest BCUT2D eigenvalue weighted by Crippen LogP contribution is -2.15. The first-order valence-corrected chi connectivity index (χ1v) is 15.3. The monoisotopic (exact) mass is 594 g/mol. The number of ether oxygens (including phenoxy) is 10. The topological polar surface area (TPSA) is 109 Å². The molecule has 0 aliphatic heterocycles. The molecule has 11 nitrogen and oxygen atoms in total. The highest BCUT2D eigenvalue weighted by Crippen LogP contribution is 2.07. The summed E-state index contributed by atoms with van der Waals surface area (Å²) in [4.78, 5) is 11.6. The van der Waals surface area contributed by atoms with Gasteiger partial charge >= 0.3 is 5.97 Å². The van der Waals surface area contributed by atoms with E-state index in [0.717, 1.165) is 12.8 Å². The Labute approximate surface area is 248 Å². The average Bonchev–Trinajstić information content (AvgIpc) is 2.98. The molecule has 0 radical (unpaired) electrons. The molecule has 0 fully saturated rings. The third kappa shape index (κ3) is 36.8. The van der Waals surface area contributed by atoms with Crippen molar-refractivity contribution in [1.82, 2.24) is 0 Å². The molecule has 0 aromatic heterocycles. The summed E-state index contributed by atoms with van der Waals surface area (Å²) in [6.07, 6.45) is 9.15. The molecule has 0 atom stereocenters. The van der Waals surface area contributed by atoms with Gasteiger partial charge in [-0.05, 0) is 6.42 Å². The zero-order valence-corrected chi connectivity index (χ0v) is 25.7. The molecule has 11 heteroatoms. The van der Waals surface area contributed by atoms with Gasteiger partial charge in [-0.25, -0.2) is 0 Å². The zero-order chi connectivity index (χ0) is 29.7. The van der Waals surface area contributed by atoms with Gasteiger partial charge < -0.3 is 47.4 Å². The number of hydrogen-bond acceptors (Lipinski definition) is 11. The SMILES string of the molecule is C=CCOCCOCCOCCOCCOCCOCCOCCOCCOCCOC(=O)CCCCCCCC. The molecule has 0 bridgehead atoms. The summed E-state index contributed by atoms with van der Waals surface area (Å²) >= 11 is 0. The Kier molecular flexibility index (Phi) is 35.8. The van der Waals surface area contributed by atoms with Crippen molar-refractivity contribution in [2.45, 2.75) is 51.9 Å². The van der Waals surface area contributed by atoms with Gasteiger partial charge in [-0.1, -0.05) is 45.1 Å². The van der Waals surface area contributed by atoms with E-state index in [1.54, 1.807) is 6.08 Å². The number of hydrogen-bond donors (Lipinski definition) is 0. The summed E-state index contributed by atoms with van der Waals surface area (Å²) in [5, 5.41) is 0. The Hall–Kier alpha value is -1.15. The van der Waals surface area contributed by atoms with Crippen LogP contribution >= 0.6 is 0 Å². The quantitative estimate of drug-likeness (QED) is 0.0603. The van der Waals surface area contributed by atoms with E-state index in [9.17, 15) is 4.79 Å². The van der Waals surface area contributed by atoms with E-state index in [1.807, 2.05) is 0 Å². The van der Waals surface area contributed by atoms with Crippen LogP contribution in [0.15, 0.2) is 12.7 Å². The third-order valence-corrected chi connectivity index (χ3v) is 5.44. The minimum Gasteiger partial charge on any atom is -0.463 e. The maximum absolute atomic E-state index is 11.6. The van der Waals surface area contributed by atoms with Crippen LogP contribution < -0.4 is 0 Å². The summed E-state index contributed by atoms with van der Waals surface area (Å²) < 4.78 is 53.8. The highest BCUT2D eigenvalue weighted by molar-refractivity contribution is 5.69. The largest absolute Gasteiger partial charge is 0.463 e. The Balaban J connectivity index is 3.09. The van der Waals surface area contributed by atoms with Crippen molar-refractivity contribution in [1.29, 1.82) is 0 Å². The Bertz CT molecular complexity index is 523. The lowest BCUT2D eigenvalue weighted by molar-refractivity contribution is -0.145. The van der Waals surface area contributed by atoms with Crippen LogP contribution in [0.25, 0.3) is 0 Å². The van der Waals surface area contributed by atoms with Crippen molar-refractivity contribution in [2.24, 2.45) is 0 Å². The molecule has 0 rings (SSSR count). The molecule has 0 amide bonds. The predicted molar refractivity (Wildman–Crippen MR) is 157 cm³/mol. The molecular formula is C30H58O11. The second-order valence-electron chi connectivity index (χ2n) is 9.00. The summed E-state index contributed by atoms with van der Waals surface area (Å²) in [6.45, 7) is 15.2. The van der Waals surface area contributed by atoms with E-state index in [2.05, 4.69) is 13.5 Å². The highest BCUT2D eigenvalue weighted by Gasteiger charge is 2.02. The second-order valence-corrected chi connectivity index (χ2v) is 9.00. The molecule has 0 aromatic rings. The van der Waals surface area contributed by atoms with Gasteiger partial charge in [-0.2, -0.15) is 0 Å². The van der Waals surface area contributed by atoms with Crippen molar-refractivity contribution >= 4 is 5.97 Å². The average molecular weight is 595 g/mol. The summed E-state index contributed by atoms with van der Waals surface area (Å²) in [6, 6.07) is 0. The minimum absolute atomic E-state index is 0.142. The van der Waals surface area contributed by atoms with Crippen molar-refractivity contribution in [3.05, 3.63) is 12.7 Å². The van der Waals surface area contributed by atoms with Gasteiger partial charge in [0.05, 0.1) is 119 Å². The van der Waals surface area contributed by atoms with Gasteiger partial charge in [-0.3, -0.25) is 4.79 Å². The Morgan fingerprint density at radius 1 is 0.463 bits per heavy atom. The van der Waals surface area contributed by atoms with Crippen molar-refractivity contribution in [2.75, 3.05) is 126 Å². The Morgan fingerprint density at radius 3 is 1.15 bits per heavy atom. The first-order chi connectivity index (χ1) is 20.3. The van der Waals surface area contributed by atoms with Crippen molar-refractivity contribution < 1.29 is 52.2 Å². The summed E-state index contributed by atoms with van der Waals surface area (Å²) in [7, 11) is 0. The first-order valence-electron chi connectivity index (χ1n) is 15.3. The van der Waals surface area contributed by atoms with E-state index >= 15 is 0 Å². The van der Waals surface area contributed by atoms with Gasteiger partial charge in [0.1, 0.15) is 6.61 Å². The standard InChI is InChI=1S/C30H58O11/c1-3-5-6-7-8-9-10-30(31)41-29-28-40-27-26-39-25-24-38-23-22-37-21-20-36-19-18-35-17-16-34-15-14-33-13-12-32-11-4-2/h4H,2-3,5-29H2,1H3. The number of rotatable bonds is 36. The Morgan fingerprint density at radius 2 is 0.780 bits per heavy atom. The van der Waals surface area contributed by atoms with Crippen LogP contribution in [0.1, 0.15) is 51.9 Å². The molecule has 0 spiro atoms. The van der Waals surface area contributed by atoms with Gasteiger partial charge in [0.2, 0.25) is 0 Å². The molecule has 0 aromatic carbocycles. The van der Waals surface area contributed by atoms with Crippen LogP contribution in [0.4, 0.5) is 0 Å². The summed E-state index contributed by atoms with van der Waals surface area (Å²) in [5.74, 6) is -0.142. The molecular weight excluding hydrogens is 536 g/mol. The molecule has 0 saturated carbocycles. The maximum Gasteiger partial charge on any atom is 0.305 e. The van der Waals surface area contributed by atoms with Crippen molar-refractivity contribution in [3.63, 3.8) is 0 Å². The minimum atomic E-state index is -0.142. The van der Waals surface area contributed by atoms with Gasteiger partial charge in [0.15, 0.2) is 0 Å². The molecule has 41 heavy (non-hydrogen) atoms. The molecule has 244 valence electrons. The fourth-order valence-corrected chi connectivity index (χ4v) is 3.26. The number of esters is 1. The number of carbonyl (C=O) groups excluding carboxylic acids is 1. The maximum atomic E-state index is 11.6. The fourth-order valence-electron chi connectivity index (χ4n) is 3.26. The third-order valence-electron chi connectivity index (χ3n) is 5.44. The van der Waals surface area contributed by atoms with Gasteiger partial charge in [0, 0.05) is 6.42 Å². The van der Waals surface area contributed by atoms with E-state index < -0.39 is 0 Å². The lowest BCUT2D eigenvalue weighted by atomic mass is 10.1. The predicted octanol–water partition coefficient (Wildman–Crippen LogP) is 3.62. The molecule has 0 saturated heterocycles. The van der Waals surface area contributed by atoms with Crippen LogP contribution in [0.5, 0.6) is 0 Å². The number of unbranched alkanes of at least 4 members (excludes halogenated alkanes) is 5. The first kappa shape index (κ1) is 39.8. The van der Waals surface area contributed by atoms with E-state index in [-0.39, 0.29) is 12.6 Å². The lowest BCUT2D eigenvalue weighted by Gasteiger charge is -2.09. The molecule has 0 unspecified atom stereocenters. The normalized spacial score (nSPS) is 11.2. The molecule has 0 heterocycles. The smallest absolute Gasteiger partial charge is 0.305 e. The van der Waals surface area contributed by atoms with Crippen LogP contribution in [-0.2, 0) is 52.2 Å². The van der Waals surface area contributed by atoms with Crippen LogP contribution in [-0.4, -0.2) is 132 Å². The highest BCUT2D eigenvalue weighted by atomic mass is 16.6. The van der Waals surface area contributed by atoms with Crippen LogP contribution in [0, 0.1) is 0 Å². The van der Waals surface area contributed by atoms with E-state index in [4.69, 9.17) is 47.4 Å². The fraction of sp³-hybridized carbons (Fsp3) is 0.900. The van der Waals surface area contributed by atoms with Crippen molar-refractivity contribution in [3.8, 4) is 0 Å². The van der Waals surface area contributed by atoms with Gasteiger partial charge in [-0.15, -0.1) is 6.58 Å². The van der Waals surface area contributed by atoms with Gasteiger partial charge in [0.25, 0.3) is 0 Å². The van der Waals surface area contributed by atoms with Crippen LogP contribution in [0.2, 0.25) is 0 Å². The molecule has 0 aliphatic carbocycles. The molecule has 0 N–H and O–H groups in total.